The lowest BCUT2D eigenvalue weighted by atomic mass is 9.91. The van der Waals surface area contributed by atoms with E-state index in [1.807, 2.05) is 37.3 Å². The molecule has 0 unspecified atom stereocenters. The summed E-state index contributed by atoms with van der Waals surface area (Å²) in [4.78, 5) is 25.4. The molecule has 2 rings (SSSR count). The second kappa shape index (κ2) is 7.87. The Morgan fingerprint density at radius 3 is 2.48 bits per heavy atom. The number of nitrogens with one attached hydrogen (secondary N) is 1. The summed E-state index contributed by atoms with van der Waals surface area (Å²) in [6.07, 6.45) is 0.126. The molecular formula is C19H28N2O4. The number of likely N-dealkylation sites (tertiary alicyclic amines) is 1. The summed E-state index contributed by atoms with van der Waals surface area (Å²) < 4.78 is 5.36. The molecule has 0 aliphatic carbocycles. The smallest absolute Gasteiger partial charge is 0.410 e. The van der Waals surface area contributed by atoms with Gasteiger partial charge in [0.2, 0.25) is 0 Å². The standard InChI is InChI=1S/C19H28N2O4/c1-13(14-8-6-5-7-9-14)20-16-10-11-21(12-15(16)17(22)23)18(24)25-19(2,3)4/h5-9,13,15-16,20H,10-12H2,1-4H3,(H,22,23)/t13-,15+,16-/m1/s1. The van der Waals surface area contributed by atoms with E-state index in [-0.39, 0.29) is 18.6 Å². The number of hydrogen-bond donors (Lipinski definition) is 2. The van der Waals surface area contributed by atoms with Gasteiger partial charge >= 0.3 is 12.1 Å². The zero-order valence-electron chi connectivity index (χ0n) is 15.4. The minimum atomic E-state index is -0.897. The van der Waals surface area contributed by atoms with Crippen molar-refractivity contribution in [1.29, 1.82) is 0 Å². The number of rotatable bonds is 4. The van der Waals surface area contributed by atoms with Gasteiger partial charge in [-0.25, -0.2) is 4.79 Å². The number of aliphatic carboxylic acids is 1. The van der Waals surface area contributed by atoms with Crippen LogP contribution in [-0.4, -0.2) is 46.8 Å². The predicted molar refractivity (Wildman–Crippen MR) is 95.3 cm³/mol. The maximum absolute atomic E-state index is 12.2. The number of benzene rings is 1. The van der Waals surface area contributed by atoms with E-state index in [1.54, 1.807) is 20.8 Å². The predicted octanol–water partition coefficient (Wildman–Crippen LogP) is 3.05. The van der Waals surface area contributed by atoms with E-state index in [0.717, 1.165) is 5.56 Å². The molecule has 6 heteroatoms. The van der Waals surface area contributed by atoms with Crippen molar-refractivity contribution < 1.29 is 19.4 Å². The first-order chi connectivity index (χ1) is 11.7. The van der Waals surface area contributed by atoms with E-state index >= 15 is 0 Å². The Morgan fingerprint density at radius 1 is 1.28 bits per heavy atom. The molecule has 1 aromatic carbocycles. The molecule has 25 heavy (non-hydrogen) atoms. The molecular weight excluding hydrogens is 320 g/mol. The van der Waals surface area contributed by atoms with Crippen LogP contribution >= 0.6 is 0 Å². The first-order valence-corrected chi connectivity index (χ1v) is 8.69. The Balaban J connectivity index is 2.02. The second-order valence-corrected chi connectivity index (χ2v) is 7.57. The van der Waals surface area contributed by atoms with Gasteiger partial charge in [-0.2, -0.15) is 0 Å². The molecule has 1 fully saturated rings. The van der Waals surface area contributed by atoms with Crippen LogP contribution in [0.15, 0.2) is 30.3 Å². The van der Waals surface area contributed by atoms with Gasteiger partial charge in [-0.1, -0.05) is 30.3 Å². The summed E-state index contributed by atoms with van der Waals surface area (Å²) in [5.74, 6) is -1.56. The molecule has 0 aromatic heterocycles. The quantitative estimate of drug-likeness (QED) is 0.874. The highest BCUT2D eigenvalue weighted by Crippen LogP contribution is 2.23. The maximum Gasteiger partial charge on any atom is 0.410 e. The van der Waals surface area contributed by atoms with Crippen LogP contribution in [0.3, 0.4) is 0 Å². The van der Waals surface area contributed by atoms with Crippen LogP contribution in [0.25, 0.3) is 0 Å². The SMILES string of the molecule is C[C@@H](N[C@@H]1CCN(C(=O)OC(C)(C)C)C[C@@H]1C(=O)O)c1ccccc1. The Bertz CT molecular complexity index is 597. The van der Waals surface area contributed by atoms with Gasteiger partial charge in [0.1, 0.15) is 5.60 Å². The fourth-order valence-corrected chi connectivity index (χ4v) is 3.05. The average molecular weight is 348 g/mol. The van der Waals surface area contributed by atoms with Crippen molar-refractivity contribution >= 4 is 12.1 Å². The van der Waals surface area contributed by atoms with Gasteiger partial charge < -0.3 is 20.1 Å². The fourth-order valence-electron chi connectivity index (χ4n) is 3.05. The molecule has 0 bridgehead atoms. The number of amides is 1. The number of ether oxygens (including phenoxy) is 1. The van der Waals surface area contributed by atoms with Crippen LogP contribution in [-0.2, 0) is 9.53 Å². The number of hydrogen-bond acceptors (Lipinski definition) is 4. The normalized spacial score (nSPS) is 22.3. The summed E-state index contributed by atoms with van der Waals surface area (Å²) in [7, 11) is 0. The van der Waals surface area contributed by atoms with E-state index in [0.29, 0.717) is 13.0 Å². The number of carboxylic acid groups (broad SMARTS) is 1. The monoisotopic (exact) mass is 348 g/mol. The van der Waals surface area contributed by atoms with E-state index < -0.39 is 23.6 Å². The second-order valence-electron chi connectivity index (χ2n) is 7.57. The average Bonchev–Trinajstić information content (AvgIpc) is 2.54. The summed E-state index contributed by atoms with van der Waals surface area (Å²) in [5.41, 5.74) is 0.522. The molecule has 1 saturated heterocycles. The van der Waals surface area contributed by atoms with E-state index in [1.165, 1.54) is 4.90 Å². The number of carboxylic acids is 1. The van der Waals surface area contributed by atoms with Crippen LogP contribution < -0.4 is 5.32 Å². The Labute approximate surface area is 149 Å². The van der Waals surface area contributed by atoms with Gasteiger partial charge in [-0.15, -0.1) is 0 Å². The van der Waals surface area contributed by atoms with Gasteiger partial charge in [0, 0.05) is 25.2 Å². The lowest BCUT2D eigenvalue weighted by molar-refractivity contribution is -0.144. The molecule has 6 nitrogen and oxygen atoms in total. The molecule has 3 atom stereocenters. The number of carbonyl (C=O) groups is 2. The Kier molecular flexibility index (Phi) is 6.06. The molecule has 1 aliphatic heterocycles. The highest BCUT2D eigenvalue weighted by atomic mass is 16.6. The van der Waals surface area contributed by atoms with Crippen molar-refractivity contribution in [3.63, 3.8) is 0 Å². The molecule has 1 amide bonds. The molecule has 0 spiro atoms. The largest absolute Gasteiger partial charge is 0.481 e. The van der Waals surface area contributed by atoms with Crippen LogP contribution in [0.2, 0.25) is 0 Å². The fraction of sp³-hybridized carbons (Fsp3) is 0.579. The van der Waals surface area contributed by atoms with Gasteiger partial charge in [-0.3, -0.25) is 4.79 Å². The van der Waals surface area contributed by atoms with Gasteiger partial charge in [0.05, 0.1) is 5.92 Å². The first-order valence-electron chi connectivity index (χ1n) is 8.69. The van der Waals surface area contributed by atoms with Crippen molar-refractivity contribution in [2.45, 2.75) is 51.8 Å². The number of carbonyl (C=O) groups excluding carboxylic acids is 1. The van der Waals surface area contributed by atoms with Crippen molar-refractivity contribution in [2.24, 2.45) is 5.92 Å². The van der Waals surface area contributed by atoms with Crippen molar-refractivity contribution in [1.82, 2.24) is 10.2 Å². The zero-order valence-corrected chi connectivity index (χ0v) is 15.4. The maximum atomic E-state index is 12.2. The third-order valence-corrected chi connectivity index (χ3v) is 4.35. The summed E-state index contributed by atoms with van der Waals surface area (Å²) in [6, 6.07) is 9.77. The Hall–Kier alpha value is -2.08. The molecule has 0 radical (unpaired) electrons. The van der Waals surface area contributed by atoms with Crippen LogP contribution in [0, 0.1) is 5.92 Å². The molecule has 138 valence electrons. The minimum absolute atomic E-state index is 0.0427. The number of piperidine rings is 1. The third kappa shape index (κ3) is 5.46. The third-order valence-electron chi connectivity index (χ3n) is 4.35. The molecule has 0 saturated carbocycles. The summed E-state index contributed by atoms with van der Waals surface area (Å²) >= 11 is 0. The van der Waals surface area contributed by atoms with Crippen molar-refractivity contribution in [2.75, 3.05) is 13.1 Å². The zero-order chi connectivity index (χ0) is 18.6. The molecule has 1 heterocycles. The minimum Gasteiger partial charge on any atom is -0.481 e. The van der Waals surface area contributed by atoms with E-state index in [4.69, 9.17) is 4.74 Å². The van der Waals surface area contributed by atoms with Gasteiger partial charge in [0.25, 0.3) is 0 Å². The highest BCUT2D eigenvalue weighted by Gasteiger charge is 2.38. The lowest BCUT2D eigenvalue weighted by Gasteiger charge is -2.38. The topological polar surface area (TPSA) is 78.9 Å². The van der Waals surface area contributed by atoms with Crippen LogP contribution in [0.4, 0.5) is 4.79 Å². The summed E-state index contributed by atoms with van der Waals surface area (Å²) in [5, 5.41) is 13.0. The molecule has 2 N–H and O–H groups in total. The summed E-state index contributed by atoms with van der Waals surface area (Å²) in [6.45, 7) is 8.07. The van der Waals surface area contributed by atoms with Crippen molar-refractivity contribution in [3.05, 3.63) is 35.9 Å². The number of nitrogens with zero attached hydrogens (tertiary/aromatic N) is 1. The van der Waals surface area contributed by atoms with Crippen LogP contribution in [0.5, 0.6) is 0 Å². The molecule has 1 aliphatic rings. The highest BCUT2D eigenvalue weighted by molar-refractivity contribution is 5.74. The Morgan fingerprint density at radius 2 is 1.92 bits per heavy atom. The van der Waals surface area contributed by atoms with Crippen LogP contribution in [0.1, 0.15) is 45.7 Å². The van der Waals surface area contributed by atoms with Crippen molar-refractivity contribution in [3.8, 4) is 0 Å². The lowest BCUT2D eigenvalue weighted by Crippen LogP contribution is -2.54. The molecule has 1 aromatic rings. The van der Waals surface area contributed by atoms with E-state index in [2.05, 4.69) is 5.32 Å². The van der Waals surface area contributed by atoms with E-state index in [9.17, 15) is 14.7 Å². The van der Waals surface area contributed by atoms with Gasteiger partial charge in [0.15, 0.2) is 0 Å². The first kappa shape index (κ1) is 19.2. The van der Waals surface area contributed by atoms with Gasteiger partial charge in [-0.05, 0) is 39.7 Å².